The normalized spacial score (nSPS) is 11.9. The molecule has 0 aliphatic heterocycles. The van der Waals surface area contributed by atoms with Gasteiger partial charge in [-0.05, 0) is 96.1 Å². The molecule has 0 unspecified atom stereocenters. The molecule has 0 radical (unpaired) electrons. The van der Waals surface area contributed by atoms with Crippen molar-refractivity contribution in [3.63, 3.8) is 0 Å². The number of nitrogens with zero attached hydrogens (tertiary/aromatic N) is 4. The van der Waals surface area contributed by atoms with Gasteiger partial charge in [0.05, 0.1) is 56.2 Å². The molecule has 0 aliphatic carbocycles. The van der Waals surface area contributed by atoms with Gasteiger partial charge in [-0.3, -0.25) is 0 Å². The Morgan fingerprint density at radius 3 is 1.69 bits per heavy atom. The van der Waals surface area contributed by atoms with Crippen molar-refractivity contribution in [2.45, 2.75) is 26.5 Å². The number of nitrogens with one attached hydrogen (secondary N) is 2. The molecule has 0 aliphatic rings. The maximum absolute atomic E-state index is 13.2. The van der Waals surface area contributed by atoms with Crippen LogP contribution in [0.1, 0.15) is 5.56 Å². The summed E-state index contributed by atoms with van der Waals surface area (Å²) < 4.78 is 152. The average molecular weight is 1030 g/mol. The van der Waals surface area contributed by atoms with Crippen LogP contribution in [-0.4, -0.2) is 82.3 Å². The van der Waals surface area contributed by atoms with Gasteiger partial charge in [0.25, 0.3) is 0 Å². The van der Waals surface area contributed by atoms with Crippen molar-refractivity contribution in [2.75, 3.05) is 24.9 Å². The van der Waals surface area contributed by atoms with E-state index in [1.807, 2.05) is 0 Å². The van der Waals surface area contributed by atoms with Crippen LogP contribution in [0, 0.1) is 6.92 Å². The van der Waals surface area contributed by atoms with E-state index in [1.54, 1.807) is 0 Å². The summed E-state index contributed by atoms with van der Waals surface area (Å²) in [6, 6.07) is 12.1. The summed E-state index contributed by atoms with van der Waals surface area (Å²) in [6.45, 7) is 1.52. The number of anilines is 2. The van der Waals surface area contributed by atoms with E-state index in [1.165, 1.54) is 51.5 Å². The number of hydrogen-bond acceptors (Lipinski definition) is 21. The summed E-state index contributed by atoms with van der Waals surface area (Å²) in [5, 5.41) is 41.4. The number of methoxy groups -OCH3 is 2. The van der Waals surface area contributed by atoms with Crippen LogP contribution in [0.5, 0.6) is 23.0 Å². The first-order valence-electron chi connectivity index (χ1n) is 17.0. The van der Waals surface area contributed by atoms with Gasteiger partial charge in [0.15, 0.2) is 5.75 Å². The van der Waals surface area contributed by atoms with E-state index in [-0.39, 0.29) is 174 Å². The first-order valence-corrected chi connectivity index (χ1v) is 22.6. The fourth-order valence-electron chi connectivity index (χ4n) is 5.95. The van der Waals surface area contributed by atoms with Crippen LogP contribution in [0.4, 0.5) is 38.9 Å². The SMILES string of the molecule is COc1ccc(S(=O)(=O)[O-])cc1N=Nc1c(S(=O)(=O)[O-])cc2cc(NC(=O)Nc3cc(C)c(N=Nc4cc(S(=O)(=O)[O-])cc5cc(S(=O)(=O)[O-])cc(O)c45)cc3OC)ccc2c1O.[Na+].[Na+].[Na+].[Na+]. The minimum atomic E-state index is -5.38. The van der Waals surface area contributed by atoms with Crippen LogP contribution in [0.15, 0.2) is 119 Å². The summed E-state index contributed by atoms with van der Waals surface area (Å²) in [5.41, 5.74) is -1.15. The molecular weight excluding hydrogens is 1010 g/mol. The summed E-state index contributed by atoms with van der Waals surface area (Å²) in [6.07, 6.45) is 0. The molecule has 6 aromatic carbocycles. The molecule has 0 spiro atoms. The number of rotatable bonds is 12. The van der Waals surface area contributed by atoms with Crippen LogP contribution in [0.3, 0.4) is 0 Å². The van der Waals surface area contributed by atoms with Gasteiger partial charge in [-0.15, -0.1) is 15.3 Å². The van der Waals surface area contributed by atoms with E-state index < -0.39 is 89.0 Å². The largest absolute Gasteiger partial charge is 1.00 e. The van der Waals surface area contributed by atoms with Gasteiger partial charge in [-0.1, -0.05) is 0 Å². The Kier molecular flexibility index (Phi) is 21.0. The van der Waals surface area contributed by atoms with E-state index in [4.69, 9.17) is 9.47 Å². The number of carbonyl (C=O) groups is 1. The second-order valence-electron chi connectivity index (χ2n) is 13.0. The summed E-state index contributed by atoms with van der Waals surface area (Å²) >= 11 is 0. The van der Waals surface area contributed by atoms with E-state index in [2.05, 4.69) is 31.1 Å². The van der Waals surface area contributed by atoms with Gasteiger partial charge >= 0.3 is 124 Å². The topological polar surface area (TPSA) is 378 Å². The van der Waals surface area contributed by atoms with Gasteiger partial charge < -0.3 is 48.5 Å². The number of benzene rings is 6. The Bertz CT molecular complexity index is 3450. The van der Waals surface area contributed by atoms with Crippen LogP contribution in [0.25, 0.3) is 21.5 Å². The molecule has 4 N–H and O–H groups in total. The maximum atomic E-state index is 13.2. The van der Waals surface area contributed by atoms with E-state index >= 15 is 0 Å². The third-order valence-electron chi connectivity index (χ3n) is 8.84. The smallest absolute Gasteiger partial charge is 0.744 e. The predicted octanol–water partition coefficient (Wildman–Crippen LogP) is -6.16. The van der Waals surface area contributed by atoms with Gasteiger partial charge in [0, 0.05) is 17.1 Å². The number of phenols is 2. The van der Waals surface area contributed by atoms with Crippen molar-refractivity contribution in [1.29, 1.82) is 0 Å². The molecule has 0 heterocycles. The van der Waals surface area contributed by atoms with Crippen molar-refractivity contribution in [3.8, 4) is 23.0 Å². The number of aromatic hydroxyl groups is 2. The van der Waals surface area contributed by atoms with Gasteiger partial charge in [-0.2, -0.15) is 5.11 Å². The third-order valence-corrected chi connectivity index (χ3v) is 12.1. The molecule has 6 aromatic rings. The molecule has 0 bridgehead atoms. The number of urea groups is 1. The number of aryl methyl sites for hydroxylation is 1. The molecule has 23 nitrogen and oxygen atoms in total. The first-order chi connectivity index (χ1) is 29.3. The van der Waals surface area contributed by atoms with Crippen molar-refractivity contribution >= 4 is 102 Å². The zero-order valence-electron chi connectivity index (χ0n) is 35.9. The number of carbonyl (C=O) groups excluding carboxylic acids is 1. The van der Waals surface area contributed by atoms with Crippen molar-refractivity contribution in [2.24, 2.45) is 20.5 Å². The molecule has 0 atom stereocenters. The monoisotopic (exact) mass is 1030 g/mol. The standard InChI is InChI=1S/C36H30N6O17S4.4Na/c1-17-8-26(31(59-3)16-25(17)39-41-28-14-22(61(49,50)51)10-19-11-23(62(52,53)54)15-29(43)33(19)28)38-36(45)37-20-4-6-24-18(9-20)12-32(63(55,56)57)34(35(24)44)42-40-27-13-21(60(46,47)48)5-7-30(27)58-2;;;;/h4-16,43-44H,1-3H3,(H2,37,38,45)(H,46,47,48)(H,49,50,51)(H,52,53,54)(H,55,56,57);;;;/q;4*+1/p-4. The molecule has 0 fully saturated rings. The third kappa shape index (κ3) is 14.2. The Morgan fingerprint density at radius 2 is 1.12 bits per heavy atom. The molecule has 6 rings (SSSR count). The van der Waals surface area contributed by atoms with Gasteiger partial charge in [0.1, 0.15) is 69.1 Å². The molecule has 0 saturated carbocycles. The Morgan fingerprint density at radius 1 is 0.567 bits per heavy atom. The second-order valence-corrected chi connectivity index (χ2v) is 18.4. The van der Waals surface area contributed by atoms with Crippen molar-refractivity contribution < 1.29 is 195 Å². The quantitative estimate of drug-likeness (QED) is 0.0503. The number of fused-ring (bicyclic) bond motifs is 2. The van der Waals surface area contributed by atoms with Crippen molar-refractivity contribution in [3.05, 3.63) is 84.4 Å². The molecule has 67 heavy (non-hydrogen) atoms. The molecule has 31 heteroatoms. The van der Waals surface area contributed by atoms with Crippen LogP contribution in [0.2, 0.25) is 0 Å². The van der Waals surface area contributed by atoms with E-state index in [0.717, 1.165) is 42.5 Å². The first kappa shape index (κ1) is 60.3. The zero-order valence-corrected chi connectivity index (χ0v) is 47.2. The molecule has 2 amide bonds. The number of hydrogen-bond donors (Lipinski definition) is 4. The van der Waals surface area contributed by atoms with Gasteiger partial charge in [-0.25, -0.2) is 38.5 Å². The molecule has 330 valence electrons. The number of phenolic OH excluding ortho intramolecular Hbond substituents is 2. The number of azo groups is 2. The average Bonchev–Trinajstić information content (AvgIpc) is 3.18. The minimum absolute atomic E-state index is 0. The number of amides is 2. The molecular formula is C36H26N6Na4O17S4. The zero-order chi connectivity index (χ0) is 46.4. The Hall–Kier alpha value is -2.85. The summed E-state index contributed by atoms with van der Waals surface area (Å²) in [5.74, 6) is -1.74. The fraction of sp³-hybridized carbons (Fsp3) is 0.0833. The van der Waals surface area contributed by atoms with E-state index in [9.17, 15) is 66.9 Å². The van der Waals surface area contributed by atoms with Crippen LogP contribution >= 0.6 is 0 Å². The Balaban J connectivity index is 0.00000385. The Labute approximate surface area is 470 Å². The summed E-state index contributed by atoms with van der Waals surface area (Å²) in [4.78, 5) is 9.62. The fourth-order valence-corrected chi connectivity index (χ4v) is 8.14. The van der Waals surface area contributed by atoms with Gasteiger partial charge in [0.2, 0.25) is 0 Å². The number of ether oxygens (including phenoxy) is 2. The maximum Gasteiger partial charge on any atom is 1.00 e. The predicted molar refractivity (Wildman–Crippen MR) is 215 cm³/mol. The molecule has 0 aromatic heterocycles. The molecule has 0 saturated heterocycles. The second kappa shape index (κ2) is 23.4. The van der Waals surface area contributed by atoms with E-state index in [0.29, 0.717) is 11.6 Å². The van der Waals surface area contributed by atoms with Crippen LogP contribution in [-0.2, 0) is 40.5 Å². The summed E-state index contributed by atoms with van der Waals surface area (Å²) in [7, 11) is -18.2. The van der Waals surface area contributed by atoms with Crippen molar-refractivity contribution in [1.82, 2.24) is 0 Å². The van der Waals surface area contributed by atoms with Crippen LogP contribution < -0.4 is 138 Å². The minimum Gasteiger partial charge on any atom is -0.744 e.